The summed E-state index contributed by atoms with van der Waals surface area (Å²) in [4.78, 5) is 12.7. The third kappa shape index (κ3) is 2.97. The summed E-state index contributed by atoms with van der Waals surface area (Å²) in [5.74, 6) is 0.0695. The van der Waals surface area contributed by atoms with Gasteiger partial charge in [0.25, 0.3) is 5.91 Å². The lowest BCUT2D eigenvalue weighted by atomic mass is 10.1. The minimum Gasteiger partial charge on any atom is -0.393 e. The lowest BCUT2D eigenvalue weighted by Gasteiger charge is -2.14. The second-order valence-corrected chi connectivity index (χ2v) is 7.29. The summed E-state index contributed by atoms with van der Waals surface area (Å²) in [6.07, 6.45) is 5.53. The van der Waals surface area contributed by atoms with Crippen LogP contribution in [0.2, 0.25) is 0 Å². The number of aromatic nitrogens is 2. The van der Waals surface area contributed by atoms with E-state index < -0.39 is 0 Å². The zero-order valence-electron chi connectivity index (χ0n) is 14.7. The van der Waals surface area contributed by atoms with E-state index in [2.05, 4.69) is 29.5 Å². The Bertz CT molecular complexity index is 796. The van der Waals surface area contributed by atoms with Crippen molar-refractivity contribution in [3.63, 3.8) is 0 Å². The maximum absolute atomic E-state index is 12.7. The van der Waals surface area contributed by atoms with Crippen molar-refractivity contribution >= 4 is 5.91 Å². The zero-order valence-corrected chi connectivity index (χ0v) is 14.7. The van der Waals surface area contributed by atoms with E-state index in [1.807, 2.05) is 16.8 Å². The van der Waals surface area contributed by atoms with Crippen LogP contribution in [0.3, 0.4) is 0 Å². The molecular weight excluding hydrogens is 314 g/mol. The quantitative estimate of drug-likeness (QED) is 0.900. The van der Waals surface area contributed by atoms with Crippen LogP contribution in [0.5, 0.6) is 0 Å². The van der Waals surface area contributed by atoms with Crippen molar-refractivity contribution < 1.29 is 9.90 Å². The number of carbonyl (C=O) groups excluding carboxylic acids is 1. The molecule has 1 saturated carbocycles. The fourth-order valence-electron chi connectivity index (χ4n) is 4.18. The second kappa shape index (κ2) is 6.64. The molecule has 1 aromatic heterocycles. The lowest BCUT2D eigenvalue weighted by Crippen LogP contribution is -2.33. The van der Waals surface area contributed by atoms with Crippen LogP contribution >= 0.6 is 0 Å². The molecule has 2 aliphatic carbocycles. The fourth-order valence-corrected chi connectivity index (χ4v) is 4.18. The molecule has 0 bridgehead atoms. The number of fused-ring (bicyclic) bond motifs is 1. The molecule has 1 aromatic carbocycles. The number of para-hydroxylation sites is 1. The Hall–Kier alpha value is -2.14. The first kappa shape index (κ1) is 16.3. The lowest BCUT2D eigenvalue weighted by molar-refractivity contribution is 0.0910. The van der Waals surface area contributed by atoms with Crippen molar-refractivity contribution in [3.05, 3.63) is 46.8 Å². The predicted molar refractivity (Wildman–Crippen MR) is 96.0 cm³/mol. The minimum absolute atomic E-state index is 0.107. The molecule has 132 valence electrons. The van der Waals surface area contributed by atoms with Gasteiger partial charge in [-0.15, -0.1) is 0 Å². The summed E-state index contributed by atoms with van der Waals surface area (Å²) in [5.41, 5.74) is 5.02. The van der Waals surface area contributed by atoms with Crippen LogP contribution < -0.4 is 5.32 Å². The van der Waals surface area contributed by atoms with Crippen LogP contribution in [0, 0.1) is 12.8 Å². The molecule has 1 heterocycles. The van der Waals surface area contributed by atoms with E-state index in [1.165, 1.54) is 5.69 Å². The molecule has 0 spiro atoms. The highest BCUT2D eigenvalue weighted by Crippen LogP contribution is 2.29. The standard InChI is InChI=1S/C20H25N3O2/c1-13-6-2-3-9-16(13)23-17-10-5-8-15(17)19(22-23)20(25)21-12-14-7-4-11-18(14)24/h2-3,6,9,14,18,24H,4-5,7-8,10-12H2,1H3,(H,21,25). The summed E-state index contributed by atoms with van der Waals surface area (Å²) in [6, 6.07) is 8.15. The average Bonchev–Trinajstić information content (AvgIpc) is 3.30. The molecule has 0 saturated heterocycles. The molecule has 5 heteroatoms. The number of amides is 1. The smallest absolute Gasteiger partial charge is 0.272 e. The van der Waals surface area contributed by atoms with Gasteiger partial charge in [-0.1, -0.05) is 24.6 Å². The first-order valence-corrected chi connectivity index (χ1v) is 9.28. The highest BCUT2D eigenvalue weighted by Gasteiger charge is 2.29. The van der Waals surface area contributed by atoms with Crippen LogP contribution in [0.25, 0.3) is 5.69 Å². The van der Waals surface area contributed by atoms with Crippen molar-refractivity contribution in [1.82, 2.24) is 15.1 Å². The molecule has 1 amide bonds. The Labute approximate surface area is 148 Å². The number of hydrogen-bond donors (Lipinski definition) is 2. The van der Waals surface area contributed by atoms with E-state index in [0.29, 0.717) is 12.2 Å². The summed E-state index contributed by atoms with van der Waals surface area (Å²) >= 11 is 0. The number of nitrogens with one attached hydrogen (secondary N) is 1. The van der Waals surface area contributed by atoms with Crippen molar-refractivity contribution in [1.29, 1.82) is 0 Å². The fraction of sp³-hybridized carbons (Fsp3) is 0.500. The average molecular weight is 339 g/mol. The van der Waals surface area contributed by atoms with Gasteiger partial charge in [-0.2, -0.15) is 5.10 Å². The summed E-state index contributed by atoms with van der Waals surface area (Å²) < 4.78 is 1.96. The third-order valence-electron chi connectivity index (χ3n) is 5.63. The van der Waals surface area contributed by atoms with Gasteiger partial charge >= 0.3 is 0 Å². The van der Waals surface area contributed by atoms with E-state index >= 15 is 0 Å². The maximum Gasteiger partial charge on any atom is 0.272 e. The van der Waals surface area contributed by atoms with E-state index in [9.17, 15) is 9.90 Å². The van der Waals surface area contributed by atoms with Gasteiger partial charge in [0.15, 0.2) is 5.69 Å². The van der Waals surface area contributed by atoms with Crippen LogP contribution in [0.15, 0.2) is 24.3 Å². The van der Waals surface area contributed by atoms with Gasteiger partial charge < -0.3 is 10.4 Å². The van der Waals surface area contributed by atoms with Gasteiger partial charge in [0.1, 0.15) is 0 Å². The first-order valence-electron chi connectivity index (χ1n) is 9.28. The van der Waals surface area contributed by atoms with Crippen LogP contribution in [0.1, 0.15) is 53.0 Å². The third-order valence-corrected chi connectivity index (χ3v) is 5.63. The molecule has 2 unspecified atom stereocenters. The monoisotopic (exact) mass is 339 g/mol. The molecule has 0 aliphatic heterocycles. The molecule has 2 aliphatic rings. The topological polar surface area (TPSA) is 67.2 Å². The Morgan fingerprint density at radius 1 is 1.28 bits per heavy atom. The summed E-state index contributed by atoms with van der Waals surface area (Å²) in [5, 5.41) is 17.6. The Kier molecular flexibility index (Phi) is 4.34. The van der Waals surface area contributed by atoms with Crippen LogP contribution in [-0.2, 0) is 12.8 Å². The van der Waals surface area contributed by atoms with Crippen molar-refractivity contribution in [3.8, 4) is 5.69 Å². The van der Waals surface area contributed by atoms with Gasteiger partial charge in [0.2, 0.25) is 0 Å². The molecule has 0 radical (unpaired) electrons. The molecule has 2 aromatic rings. The highest BCUT2D eigenvalue weighted by molar-refractivity contribution is 5.94. The van der Waals surface area contributed by atoms with Gasteiger partial charge in [-0.25, -0.2) is 4.68 Å². The molecule has 2 atom stereocenters. The Morgan fingerprint density at radius 2 is 2.12 bits per heavy atom. The number of rotatable bonds is 4. The number of aliphatic hydroxyl groups excluding tert-OH is 1. The largest absolute Gasteiger partial charge is 0.393 e. The van der Waals surface area contributed by atoms with Gasteiger partial charge in [-0.3, -0.25) is 4.79 Å². The Morgan fingerprint density at radius 3 is 2.88 bits per heavy atom. The first-order chi connectivity index (χ1) is 12.1. The van der Waals surface area contributed by atoms with E-state index in [4.69, 9.17) is 0 Å². The Balaban J connectivity index is 1.59. The van der Waals surface area contributed by atoms with E-state index in [-0.39, 0.29) is 17.9 Å². The molecule has 25 heavy (non-hydrogen) atoms. The SMILES string of the molecule is Cc1ccccc1-n1nc(C(=O)NCC2CCCC2O)c2c1CCC2. The number of aliphatic hydroxyl groups is 1. The molecule has 5 nitrogen and oxygen atoms in total. The minimum atomic E-state index is -0.282. The van der Waals surface area contributed by atoms with E-state index in [1.54, 1.807) is 0 Å². The van der Waals surface area contributed by atoms with Gasteiger partial charge in [0.05, 0.1) is 11.8 Å². The van der Waals surface area contributed by atoms with Gasteiger partial charge in [-0.05, 0) is 50.7 Å². The molecule has 2 N–H and O–H groups in total. The summed E-state index contributed by atoms with van der Waals surface area (Å²) in [7, 11) is 0. The van der Waals surface area contributed by atoms with Gasteiger partial charge in [0, 0.05) is 23.7 Å². The predicted octanol–water partition coefficient (Wildman–Crippen LogP) is 2.56. The second-order valence-electron chi connectivity index (χ2n) is 7.29. The molecular formula is C20H25N3O2. The van der Waals surface area contributed by atoms with Crippen molar-refractivity contribution in [2.45, 2.75) is 51.6 Å². The number of nitrogens with zero attached hydrogens (tertiary/aromatic N) is 2. The highest BCUT2D eigenvalue weighted by atomic mass is 16.3. The molecule has 1 fully saturated rings. The number of hydrogen-bond acceptors (Lipinski definition) is 3. The zero-order chi connectivity index (χ0) is 17.4. The number of aryl methyl sites for hydroxylation is 1. The van der Waals surface area contributed by atoms with E-state index in [0.717, 1.165) is 55.3 Å². The summed E-state index contributed by atoms with van der Waals surface area (Å²) in [6.45, 7) is 2.60. The van der Waals surface area contributed by atoms with Crippen molar-refractivity contribution in [2.75, 3.05) is 6.54 Å². The molecule has 4 rings (SSSR count). The maximum atomic E-state index is 12.7. The number of benzene rings is 1. The van der Waals surface area contributed by atoms with Crippen LogP contribution in [0.4, 0.5) is 0 Å². The normalized spacial score (nSPS) is 22.2. The van der Waals surface area contributed by atoms with Crippen molar-refractivity contribution in [2.24, 2.45) is 5.92 Å². The van der Waals surface area contributed by atoms with Crippen LogP contribution in [-0.4, -0.2) is 33.4 Å². The number of carbonyl (C=O) groups is 1.